The molecule has 0 aromatic heterocycles. The van der Waals surface area contributed by atoms with Gasteiger partial charge in [-0.3, -0.25) is 22.9 Å². The Morgan fingerprint density at radius 2 is 0.744 bits per heavy atom. The highest BCUT2D eigenvalue weighted by atomic mass is 32.2. The fourth-order valence-electron chi connectivity index (χ4n) is 14.9. The molecule has 5 aliphatic heterocycles. The van der Waals surface area contributed by atoms with Gasteiger partial charge in [-0.25, -0.2) is 89.0 Å². The van der Waals surface area contributed by atoms with Crippen molar-refractivity contribution in [2.45, 2.75) is 149 Å². The van der Waals surface area contributed by atoms with Crippen molar-refractivity contribution in [2.75, 3.05) is 147 Å². The number of fused-ring (bicyclic) bond motifs is 3. The number of halogens is 2. The first-order chi connectivity index (χ1) is 56.9. The molecule has 0 spiro atoms. The second-order valence-electron chi connectivity index (χ2n) is 31.5. The van der Waals surface area contributed by atoms with E-state index in [1.54, 1.807) is 30.3 Å². The van der Waals surface area contributed by atoms with Crippen LogP contribution in [0.1, 0.15) is 97.8 Å². The third-order valence-electron chi connectivity index (χ3n) is 22.6. The molecule has 3 N–H and O–H groups in total. The lowest BCUT2D eigenvalue weighted by Crippen LogP contribution is -2.52. The molecule has 121 heavy (non-hydrogen) atoms. The molecule has 0 bridgehead atoms. The van der Waals surface area contributed by atoms with Gasteiger partial charge in [-0.15, -0.1) is 0 Å². The molecule has 660 valence electrons. The smallest absolute Gasteiger partial charge is 0.264 e. The first-order valence-corrected chi connectivity index (χ1v) is 51.4. The number of hydrogen-bond acceptors (Lipinski definition) is 20. The van der Waals surface area contributed by atoms with Gasteiger partial charge in [-0.2, -0.15) is 0 Å². The highest BCUT2D eigenvalue weighted by Gasteiger charge is 2.39. The zero-order valence-corrected chi connectivity index (χ0v) is 76.4. The standard InChI is InChI=1S/C22H31N3O4S2.C21H28FN3O4S2.C20H26FN3O4S2.C20H25N3O4S2/c1-5-22(2)14-16-25(17-15-22)21-9-7-6-8-20(21)23-30(26,27)18-10-12-19(13-11-18)31(28,29)24(3)4;1-24(2)31(28,29)19-9-7-18(8-10-19)30(26,27)23-20-5-3-4-6-21(20)25-15-12-17(11-14-22)13-16-25;1-15-6-4-5-13-24(15)20-12-7-16(21)14-19(20)22-29(25,26)17-8-10-18(11-9-17)30(27,28)23(2)3;1-21(2)28(24,25)17-10-12-18(13-11-17)29(26,27)23-15-16-7-5-6-14-22(16)19-8-3-4-9-20(19)23/h6-13,23H,5,14-17H2,1-4H3;3-10,17,23H,11-16H2,1-2H3;7-12,14-15,22H,4-6,13H2,1-3H3;3-4,8-13,16H,5-7,14-15H2,1-2H3. The number of benzene rings is 8. The van der Waals surface area contributed by atoms with Crippen LogP contribution >= 0.6 is 0 Å². The minimum absolute atomic E-state index is 0.0113. The SMILES string of the molecule is CC1CCCCN1c1ccc(F)cc1NS(=O)(=O)c1ccc(S(=O)(=O)N(C)C)cc1.CCC1(C)CCN(c2ccccc2NS(=O)(=O)c2ccc(S(=O)(=O)N(C)C)cc2)CC1.CN(C)S(=O)(=O)c1ccc(S(=O)(=O)N2CC3CCCCN3c3ccccc32)cc1.CN(C)S(=O)(=O)c1ccc(S(=O)(=O)Nc2ccccc2N2CCC(CCF)CC2)cc1. The fraction of sp³-hybridized carbons (Fsp3) is 0.422. The summed E-state index contributed by atoms with van der Waals surface area (Å²) in [5.41, 5.74) is 5.35. The molecule has 38 heteroatoms. The second kappa shape index (κ2) is 39.1. The number of sulfonamides is 8. The molecule has 0 aliphatic carbocycles. The lowest BCUT2D eigenvalue weighted by atomic mass is 9.78. The Morgan fingerprint density at radius 3 is 1.14 bits per heavy atom. The zero-order valence-electron chi connectivity index (χ0n) is 69.9. The number of alkyl halides is 1. The van der Waals surface area contributed by atoms with Crippen LogP contribution in [0.5, 0.6) is 0 Å². The van der Waals surface area contributed by atoms with Gasteiger partial charge in [-0.1, -0.05) is 56.7 Å². The first kappa shape index (κ1) is 94.7. The van der Waals surface area contributed by atoms with Crippen molar-refractivity contribution in [1.29, 1.82) is 0 Å². The number of nitrogens with zero attached hydrogens (tertiary/aromatic N) is 9. The van der Waals surface area contributed by atoms with Gasteiger partial charge in [0.15, 0.2) is 0 Å². The molecule has 2 atom stereocenters. The van der Waals surface area contributed by atoms with Crippen molar-refractivity contribution in [2.24, 2.45) is 11.3 Å². The highest BCUT2D eigenvalue weighted by Crippen LogP contribution is 2.43. The van der Waals surface area contributed by atoms with Crippen LogP contribution in [0.4, 0.5) is 54.3 Å². The van der Waals surface area contributed by atoms with Gasteiger partial charge < -0.3 is 19.6 Å². The average Bonchev–Trinajstić information content (AvgIpc) is 0.745. The van der Waals surface area contributed by atoms with E-state index in [1.807, 2.05) is 48.5 Å². The summed E-state index contributed by atoms with van der Waals surface area (Å²) in [4.78, 5) is 8.82. The molecular weight excluding hydrogens is 1720 g/mol. The molecule has 8 aromatic rings. The molecule has 28 nitrogen and oxygen atoms in total. The molecule has 8 aromatic carbocycles. The van der Waals surface area contributed by atoms with Crippen molar-refractivity contribution in [1.82, 2.24) is 17.2 Å². The summed E-state index contributed by atoms with van der Waals surface area (Å²) < 4.78 is 243. The zero-order chi connectivity index (χ0) is 88.4. The van der Waals surface area contributed by atoms with E-state index in [2.05, 4.69) is 54.5 Å². The van der Waals surface area contributed by atoms with E-state index in [0.717, 1.165) is 144 Å². The van der Waals surface area contributed by atoms with E-state index in [9.17, 15) is 76.1 Å². The lowest BCUT2D eigenvalue weighted by molar-refractivity contribution is 0.238. The molecule has 2 unspecified atom stereocenters. The number of para-hydroxylation sites is 6. The van der Waals surface area contributed by atoms with E-state index in [-0.39, 0.29) is 63.6 Å². The largest absolute Gasteiger partial charge is 0.370 e. The van der Waals surface area contributed by atoms with E-state index < -0.39 is 86.0 Å². The van der Waals surface area contributed by atoms with Crippen molar-refractivity contribution >= 4 is 126 Å². The molecule has 4 fully saturated rings. The summed E-state index contributed by atoms with van der Waals surface area (Å²) >= 11 is 0. The van der Waals surface area contributed by atoms with E-state index in [0.29, 0.717) is 47.0 Å². The Labute approximate surface area is 714 Å². The second-order valence-corrected chi connectivity index (χ2v) is 47.0. The van der Waals surface area contributed by atoms with Crippen LogP contribution in [0, 0.1) is 17.2 Å². The molecule has 5 aliphatic rings. The summed E-state index contributed by atoms with van der Waals surface area (Å²) in [6, 6.07) is 47.3. The predicted molar refractivity (Wildman–Crippen MR) is 473 cm³/mol. The van der Waals surface area contributed by atoms with Crippen LogP contribution < -0.4 is 38.1 Å². The Balaban J connectivity index is 0.000000169. The number of nitrogens with one attached hydrogen (secondary N) is 3. The molecule has 0 radical (unpaired) electrons. The average molecular weight is 1830 g/mol. The first-order valence-electron chi connectivity index (χ1n) is 39.8. The van der Waals surface area contributed by atoms with Gasteiger partial charge in [0.25, 0.3) is 40.1 Å². The maximum atomic E-state index is 13.9. The number of rotatable bonds is 25. The van der Waals surface area contributed by atoms with Crippen LogP contribution in [0.2, 0.25) is 0 Å². The van der Waals surface area contributed by atoms with Gasteiger partial charge in [0.1, 0.15) is 5.82 Å². The van der Waals surface area contributed by atoms with Crippen LogP contribution in [0.3, 0.4) is 0 Å². The summed E-state index contributed by atoms with van der Waals surface area (Å²) in [6.45, 7) is 11.6. The quantitative estimate of drug-likeness (QED) is 0.0478. The van der Waals surface area contributed by atoms with E-state index in [4.69, 9.17) is 0 Å². The predicted octanol–water partition coefficient (Wildman–Crippen LogP) is 12.8. The van der Waals surface area contributed by atoms with Gasteiger partial charge in [0.2, 0.25) is 40.1 Å². The van der Waals surface area contributed by atoms with Crippen LogP contribution in [-0.2, 0) is 80.2 Å². The van der Waals surface area contributed by atoms with Gasteiger partial charge >= 0.3 is 0 Å². The van der Waals surface area contributed by atoms with Crippen molar-refractivity contribution < 1.29 is 76.1 Å². The Kier molecular flexibility index (Phi) is 30.6. The molecule has 4 saturated heterocycles. The van der Waals surface area contributed by atoms with Crippen LogP contribution in [0.25, 0.3) is 0 Å². The summed E-state index contributed by atoms with van der Waals surface area (Å²) in [7, 11) is -18.8. The number of piperidine rings is 4. The van der Waals surface area contributed by atoms with Crippen molar-refractivity contribution in [3.63, 3.8) is 0 Å². The fourth-order valence-corrected chi connectivity index (χ4v) is 23.2. The Bertz CT molecular complexity index is 5900. The topological polar surface area (TPSA) is 338 Å². The normalized spacial score (nSPS) is 17.6. The lowest BCUT2D eigenvalue weighted by Gasteiger charge is -2.46. The minimum Gasteiger partial charge on any atom is -0.370 e. The minimum atomic E-state index is -4.04. The van der Waals surface area contributed by atoms with E-state index >= 15 is 0 Å². The maximum absolute atomic E-state index is 13.9. The molecule has 0 amide bonds. The molecule has 5 heterocycles. The Hall–Kier alpha value is -8.54. The Morgan fingerprint density at radius 1 is 0.388 bits per heavy atom. The van der Waals surface area contributed by atoms with Gasteiger partial charge in [0, 0.05) is 114 Å². The van der Waals surface area contributed by atoms with Crippen LogP contribution in [0.15, 0.2) is 227 Å². The highest BCUT2D eigenvalue weighted by molar-refractivity contribution is 7.94. The van der Waals surface area contributed by atoms with Crippen LogP contribution in [-0.4, -0.2) is 206 Å². The number of anilines is 8. The molecular formula is C83H110F2N12O16S8. The van der Waals surface area contributed by atoms with Gasteiger partial charge in [-0.05, 0) is 234 Å². The third-order valence-corrected chi connectivity index (χ3v) is 35.9. The summed E-state index contributed by atoms with van der Waals surface area (Å²) in [6.07, 6.45) is 11.8. The molecule has 0 saturated carbocycles. The van der Waals surface area contributed by atoms with Crippen molar-refractivity contribution in [3.8, 4) is 0 Å². The number of hydrogen-bond donors (Lipinski definition) is 3. The van der Waals surface area contributed by atoms with Crippen molar-refractivity contribution in [3.05, 3.63) is 194 Å². The third kappa shape index (κ3) is 22.3. The summed E-state index contributed by atoms with van der Waals surface area (Å²) in [5.74, 6) is -0.185. The van der Waals surface area contributed by atoms with Gasteiger partial charge in [0.05, 0.1) is 97.9 Å². The van der Waals surface area contributed by atoms with E-state index in [1.165, 1.54) is 170 Å². The molecule has 13 rings (SSSR count). The summed E-state index contributed by atoms with van der Waals surface area (Å²) in [5, 5.41) is 0. The monoisotopic (exact) mass is 1820 g/mol. The maximum Gasteiger partial charge on any atom is 0.264 e.